The molecule has 0 aromatic carbocycles. The van der Waals surface area contributed by atoms with Crippen molar-refractivity contribution in [2.75, 3.05) is 20.6 Å². The lowest BCUT2D eigenvalue weighted by Crippen LogP contribution is -2.37. The fourth-order valence-corrected chi connectivity index (χ4v) is 1.76. The van der Waals surface area contributed by atoms with Crippen molar-refractivity contribution in [2.24, 2.45) is 0 Å². The van der Waals surface area contributed by atoms with Gasteiger partial charge in [0.15, 0.2) is 0 Å². The van der Waals surface area contributed by atoms with Crippen LogP contribution in [0.2, 0.25) is 0 Å². The molecule has 1 atom stereocenters. The summed E-state index contributed by atoms with van der Waals surface area (Å²) in [6.45, 7) is 6.15. The number of rotatable bonds is 7. The lowest BCUT2D eigenvalue weighted by atomic mass is 10.2. The summed E-state index contributed by atoms with van der Waals surface area (Å²) < 4.78 is 5.63. The van der Waals surface area contributed by atoms with Gasteiger partial charge >= 0.3 is 0 Å². The van der Waals surface area contributed by atoms with E-state index in [0.29, 0.717) is 6.04 Å². The molecular formula is C13H24N2O. The highest BCUT2D eigenvalue weighted by atomic mass is 16.3. The van der Waals surface area contributed by atoms with E-state index in [4.69, 9.17) is 4.42 Å². The lowest BCUT2D eigenvalue weighted by molar-refractivity contribution is 0.273. The van der Waals surface area contributed by atoms with Crippen LogP contribution in [0.3, 0.4) is 0 Å². The summed E-state index contributed by atoms with van der Waals surface area (Å²) in [4.78, 5) is 2.26. The van der Waals surface area contributed by atoms with Crippen LogP contribution in [0.25, 0.3) is 0 Å². The van der Waals surface area contributed by atoms with Crippen LogP contribution in [0.5, 0.6) is 0 Å². The second kappa shape index (κ2) is 6.71. The van der Waals surface area contributed by atoms with Gasteiger partial charge in [0.1, 0.15) is 11.5 Å². The van der Waals surface area contributed by atoms with Gasteiger partial charge < -0.3 is 14.6 Å². The number of hydrogen-bond acceptors (Lipinski definition) is 3. The molecule has 1 rings (SSSR count). The third-order valence-corrected chi connectivity index (χ3v) is 2.95. The molecule has 0 aliphatic rings. The predicted molar refractivity (Wildman–Crippen MR) is 67.6 cm³/mol. The van der Waals surface area contributed by atoms with E-state index in [-0.39, 0.29) is 0 Å². The molecule has 0 bridgehead atoms. The van der Waals surface area contributed by atoms with Crippen molar-refractivity contribution < 1.29 is 4.42 Å². The van der Waals surface area contributed by atoms with Gasteiger partial charge in [-0.3, -0.25) is 0 Å². The van der Waals surface area contributed by atoms with Crippen LogP contribution in [0.4, 0.5) is 0 Å². The van der Waals surface area contributed by atoms with Gasteiger partial charge in [-0.05, 0) is 32.6 Å². The first kappa shape index (κ1) is 13.3. The highest BCUT2D eigenvalue weighted by Gasteiger charge is 2.08. The summed E-state index contributed by atoms with van der Waals surface area (Å²) in [7, 11) is 4.25. The first-order valence-corrected chi connectivity index (χ1v) is 6.12. The summed E-state index contributed by atoms with van der Waals surface area (Å²) in [5.41, 5.74) is 0. The normalized spacial score (nSPS) is 13.3. The Morgan fingerprint density at radius 3 is 2.44 bits per heavy atom. The fourth-order valence-electron chi connectivity index (χ4n) is 1.76. The maximum Gasteiger partial charge on any atom is 0.117 e. The Balaban J connectivity index is 2.29. The maximum absolute atomic E-state index is 5.63. The molecule has 1 aromatic heterocycles. The minimum Gasteiger partial charge on any atom is -0.465 e. The van der Waals surface area contributed by atoms with Crippen LogP contribution in [0, 0.1) is 0 Å². The highest BCUT2D eigenvalue weighted by molar-refractivity contribution is 5.06. The Bertz CT molecular complexity index is 294. The number of furan rings is 1. The zero-order valence-electron chi connectivity index (χ0n) is 10.9. The third-order valence-electron chi connectivity index (χ3n) is 2.95. The summed E-state index contributed by atoms with van der Waals surface area (Å²) in [6, 6.07) is 4.71. The number of nitrogens with one attached hydrogen (secondary N) is 1. The van der Waals surface area contributed by atoms with Crippen molar-refractivity contribution in [2.45, 2.75) is 39.3 Å². The molecule has 0 radical (unpaired) electrons. The summed E-state index contributed by atoms with van der Waals surface area (Å²) in [6.07, 6.45) is 2.13. The molecule has 3 nitrogen and oxygen atoms in total. The fraction of sp³-hybridized carbons (Fsp3) is 0.692. The van der Waals surface area contributed by atoms with E-state index >= 15 is 0 Å². The molecule has 1 unspecified atom stereocenters. The van der Waals surface area contributed by atoms with E-state index in [2.05, 4.69) is 50.3 Å². The van der Waals surface area contributed by atoms with Crippen molar-refractivity contribution in [3.63, 3.8) is 0 Å². The highest BCUT2D eigenvalue weighted by Crippen LogP contribution is 2.08. The first-order valence-electron chi connectivity index (χ1n) is 6.12. The van der Waals surface area contributed by atoms with E-state index in [1.807, 2.05) is 0 Å². The van der Waals surface area contributed by atoms with E-state index in [1.54, 1.807) is 0 Å². The smallest absolute Gasteiger partial charge is 0.117 e. The summed E-state index contributed by atoms with van der Waals surface area (Å²) in [5.74, 6) is 2.10. The van der Waals surface area contributed by atoms with E-state index in [1.165, 1.54) is 6.42 Å². The van der Waals surface area contributed by atoms with Gasteiger partial charge in [0, 0.05) is 19.0 Å². The molecule has 92 valence electrons. The monoisotopic (exact) mass is 224 g/mol. The Labute approximate surface area is 98.8 Å². The second-order valence-corrected chi connectivity index (χ2v) is 4.38. The number of hydrogen-bond donors (Lipinski definition) is 1. The van der Waals surface area contributed by atoms with Crippen LogP contribution >= 0.6 is 0 Å². The van der Waals surface area contributed by atoms with Crippen LogP contribution in [0.1, 0.15) is 31.8 Å². The first-order chi connectivity index (χ1) is 7.67. The van der Waals surface area contributed by atoms with Gasteiger partial charge in [-0.1, -0.05) is 13.8 Å². The largest absolute Gasteiger partial charge is 0.465 e. The molecule has 0 saturated carbocycles. The summed E-state index contributed by atoms with van der Waals surface area (Å²) in [5, 5.41) is 3.44. The molecule has 1 heterocycles. The Morgan fingerprint density at radius 1 is 1.25 bits per heavy atom. The van der Waals surface area contributed by atoms with Gasteiger partial charge in [0.05, 0.1) is 6.54 Å². The molecule has 1 N–H and O–H groups in total. The van der Waals surface area contributed by atoms with Crippen molar-refractivity contribution in [1.29, 1.82) is 0 Å². The molecule has 16 heavy (non-hydrogen) atoms. The average Bonchev–Trinajstić information content (AvgIpc) is 2.71. The van der Waals surface area contributed by atoms with Gasteiger partial charge in [-0.15, -0.1) is 0 Å². The molecule has 1 aromatic rings. The van der Waals surface area contributed by atoms with Gasteiger partial charge in [0.2, 0.25) is 0 Å². The Morgan fingerprint density at radius 2 is 1.94 bits per heavy atom. The lowest BCUT2D eigenvalue weighted by Gasteiger charge is -2.22. The van der Waals surface area contributed by atoms with E-state index < -0.39 is 0 Å². The van der Waals surface area contributed by atoms with Crippen LogP contribution < -0.4 is 5.32 Å². The van der Waals surface area contributed by atoms with Gasteiger partial charge in [0.25, 0.3) is 0 Å². The second-order valence-electron chi connectivity index (χ2n) is 4.38. The quantitative estimate of drug-likeness (QED) is 0.770. The molecule has 0 aliphatic carbocycles. The maximum atomic E-state index is 5.63. The molecular weight excluding hydrogens is 200 g/mol. The Hall–Kier alpha value is -0.800. The van der Waals surface area contributed by atoms with E-state index in [0.717, 1.165) is 31.0 Å². The molecule has 0 amide bonds. The van der Waals surface area contributed by atoms with Gasteiger partial charge in [-0.25, -0.2) is 0 Å². The standard InChI is InChI=1S/C13H24N2O/c1-5-11(15(3)4)9-14-10-13-8-7-12(6-2)16-13/h7-8,11,14H,5-6,9-10H2,1-4H3. The van der Waals surface area contributed by atoms with Crippen molar-refractivity contribution in [1.82, 2.24) is 10.2 Å². The molecule has 0 saturated heterocycles. The van der Waals surface area contributed by atoms with Crippen molar-refractivity contribution in [3.05, 3.63) is 23.7 Å². The minimum atomic E-state index is 0.598. The molecule has 0 aliphatic heterocycles. The number of aryl methyl sites for hydroxylation is 1. The molecule has 3 heteroatoms. The topological polar surface area (TPSA) is 28.4 Å². The predicted octanol–water partition coefficient (Wildman–Crippen LogP) is 2.27. The zero-order chi connectivity index (χ0) is 12.0. The van der Waals surface area contributed by atoms with Crippen LogP contribution in [0.15, 0.2) is 16.5 Å². The van der Waals surface area contributed by atoms with Crippen LogP contribution in [-0.2, 0) is 13.0 Å². The SMILES string of the molecule is CCc1ccc(CNCC(CC)N(C)C)o1. The van der Waals surface area contributed by atoms with Crippen LogP contribution in [-0.4, -0.2) is 31.6 Å². The summed E-state index contributed by atoms with van der Waals surface area (Å²) >= 11 is 0. The number of likely N-dealkylation sites (N-methyl/N-ethyl adjacent to an activating group) is 1. The van der Waals surface area contributed by atoms with Gasteiger partial charge in [-0.2, -0.15) is 0 Å². The zero-order valence-corrected chi connectivity index (χ0v) is 10.9. The number of nitrogens with zero attached hydrogens (tertiary/aromatic N) is 1. The molecule has 0 fully saturated rings. The van der Waals surface area contributed by atoms with E-state index in [9.17, 15) is 0 Å². The Kier molecular flexibility index (Phi) is 5.56. The average molecular weight is 224 g/mol. The van der Waals surface area contributed by atoms with Crippen molar-refractivity contribution >= 4 is 0 Å². The molecule has 0 spiro atoms. The minimum absolute atomic E-state index is 0.598. The third kappa shape index (κ3) is 3.99. The van der Waals surface area contributed by atoms with Crippen molar-refractivity contribution in [3.8, 4) is 0 Å².